The van der Waals surface area contributed by atoms with Crippen LogP contribution in [0.1, 0.15) is 12.8 Å². The Kier molecular flexibility index (Phi) is 7.45. The van der Waals surface area contributed by atoms with E-state index in [4.69, 9.17) is 0 Å². The van der Waals surface area contributed by atoms with Crippen LogP contribution in [0.2, 0.25) is 0 Å². The van der Waals surface area contributed by atoms with Gasteiger partial charge in [-0.15, -0.1) is 11.8 Å². The number of nitrogens with zero attached hydrogens (tertiary/aromatic N) is 1. The molecule has 5 nitrogen and oxygen atoms in total. The predicted octanol–water partition coefficient (Wildman–Crippen LogP) is 3.14. The third-order valence-corrected chi connectivity index (χ3v) is 5.57. The van der Waals surface area contributed by atoms with Crippen molar-refractivity contribution in [3.8, 4) is 0 Å². The molecule has 1 aliphatic rings. The van der Waals surface area contributed by atoms with Crippen LogP contribution in [0.15, 0.2) is 59.5 Å². The molecule has 0 aromatic heterocycles. The summed E-state index contributed by atoms with van der Waals surface area (Å²) in [6.45, 7) is 1.91. The van der Waals surface area contributed by atoms with Gasteiger partial charge in [0.05, 0.1) is 12.3 Å². The van der Waals surface area contributed by atoms with E-state index in [2.05, 4.69) is 15.5 Å². The molecule has 1 aliphatic heterocycles. The Morgan fingerprint density at radius 3 is 2.36 bits per heavy atom. The number of hydrogen-bond acceptors (Lipinski definition) is 4. The van der Waals surface area contributed by atoms with Crippen LogP contribution in [0.4, 0.5) is 10.1 Å². The molecule has 2 N–H and O–H groups in total. The van der Waals surface area contributed by atoms with Gasteiger partial charge >= 0.3 is 0 Å². The molecule has 0 aliphatic carbocycles. The maximum atomic E-state index is 12.9. The molecule has 7 heteroatoms. The molecule has 1 saturated heterocycles. The number of hydrogen-bond donors (Lipinski definition) is 2. The summed E-state index contributed by atoms with van der Waals surface area (Å²) in [5.74, 6) is -0.0114. The van der Waals surface area contributed by atoms with Crippen molar-refractivity contribution in [2.75, 3.05) is 30.7 Å². The van der Waals surface area contributed by atoms with Gasteiger partial charge in [-0.05, 0) is 49.2 Å². The quantitative estimate of drug-likeness (QED) is 0.700. The second-order valence-electron chi connectivity index (χ2n) is 6.77. The van der Waals surface area contributed by atoms with Gasteiger partial charge in [0.2, 0.25) is 11.8 Å². The van der Waals surface area contributed by atoms with E-state index in [1.807, 2.05) is 30.3 Å². The first-order valence-corrected chi connectivity index (χ1v) is 10.3. The molecule has 1 fully saturated rings. The molecule has 0 unspecified atom stereocenters. The summed E-state index contributed by atoms with van der Waals surface area (Å²) >= 11 is 1.39. The Bertz CT molecular complexity index is 778. The molecule has 0 spiro atoms. The van der Waals surface area contributed by atoms with E-state index >= 15 is 0 Å². The summed E-state index contributed by atoms with van der Waals surface area (Å²) in [6.07, 6.45) is 1.65. The second kappa shape index (κ2) is 10.2. The monoisotopic (exact) mass is 401 g/mol. The molecule has 28 heavy (non-hydrogen) atoms. The molecule has 2 amide bonds. The molecule has 0 bridgehead atoms. The van der Waals surface area contributed by atoms with Gasteiger partial charge in [-0.25, -0.2) is 4.39 Å². The smallest absolute Gasteiger partial charge is 0.238 e. The SMILES string of the molecule is O=C(CN1CCC(NC(=O)CSc2ccc(F)cc2)CC1)Nc1ccccc1. The number of anilines is 1. The lowest BCUT2D eigenvalue weighted by molar-refractivity contribution is -0.120. The van der Waals surface area contributed by atoms with Gasteiger partial charge in [0, 0.05) is 29.7 Å². The zero-order valence-electron chi connectivity index (χ0n) is 15.6. The van der Waals surface area contributed by atoms with E-state index in [9.17, 15) is 14.0 Å². The topological polar surface area (TPSA) is 61.4 Å². The second-order valence-corrected chi connectivity index (χ2v) is 7.82. The van der Waals surface area contributed by atoms with Gasteiger partial charge in [0.25, 0.3) is 0 Å². The number of likely N-dealkylation sites (tertiary alicyclic amines) is 1. The Morgan fingerprint density at radius 1 is 1.00 bits per heavy atom. The van der Waals surface area contributed by atoms with E-state index in [0.29, 0.717) is 12.3 Å². The van der Waals surface area contributed by atoms with Crippen LogP contribution in [0.25, 0.3) is 0 Å². The van der Waals surface area contributed by atoms with Gasteiger partial charge in [-0.3, -0.25) is 14.5 Å². The van der Waals surface area contributed by atoms with Crippen molar-refractivity contribution in [2.45, 2.75) is 23.8 Å². The van der Waals surface area contributed by atoms with Crippen LogP contribution in [0.3, 0.4) is 0 Å². The fraction of sp³-hybridized carbons (Fsp3) is 0.333. The van der Waals surface area contributed by atoms with E-state index in [0.717, 1.165) is 36.5 Å². The zero-order valence-corrected chi connectivity index (χ0v) is 16.4. The summed E-state index contributed by atoms with van der Waals surface area (Å²) in [5.41, 5.74) is 0.799. The third kappa shape index (κ3) is 6.65. The molecule has 3 rings (SSSR count). The maximum Gasteiger partial charge on any atom is 0.238 e. The lowest BCUT2D eigenvalue weighted by atomic mass is 10.1. The van der Waals surface area contributed by atoms with Gasteiger partial charge in [-0.1, -0.05) is 18.2 Å². The minimum Gasteiger partial charge on any atom is -0.353 e. The van der Waals surface area contributed by atoms with Crippen molar-refractivity contribution in [3.63, 3.8) is 0 Å². The summed E-state index contributed by atoms with van der Waals surface area (Å²) in [6, 6.07) is 15.7. The third-order valence-electron chi connectivity index (χ3n) is 4.56. The number of rotatable bonds is 7. The van der Waals surface area contributed by atoms with E-state index in [1.165, 1.54) is 23.9 Å². The molecule has 0 saturated carbocycles. The predicted molar refractivity (Wildman–Crippen MR) is 110 cm³/mol. The van der Waals surface area contributed by atoms with Crippen LogP contribution in [-0.4, -0.2) is 48.1 Å². The number of carbonyl (C=O) groups excluding carboxylic acids is 2. The van der Waals surface area contributed by atoms with Crippen molar-refractivity contribution in [1.29, 1.82) is 0 Å². The van der Waals surface area contributed by atoms with Crippen molar-refractivity contribution < 1.29 is 14.0 Å². The largest absolute Gasteiger partial charge is 0.353 e. The summed E-state index contributed by atoms with van der Waals surface area (Å²) in [5, 5.41) is 5.94. The van der Waals surface area contributed by atoms with Crippen molar-refractivity contribution in [1.82, 2.24) is 10.2 Å². The number of halogens is 1. The van der Waals surface area contributed by atoms with Gasteiger partial charge in [0.1, 0.15) is 5.82 Å². The van der Waals surface area contributed by atoms with Gasteiger partial charge in [-0.2, -0.15) is 0 Å². The minimum absolute atomic E-state index is 0.0189. The van der Waals surface area contributed by atoms with Crippen LogP contribution in [0.5, 0.6) is 0 Å². The average Bonchev–Trinajstić information content (AvgIpc) is 2.70. The Morgan fingerprint density at radius 2 is 1.68 bits per heavy atom. The molecule has 2 aromatic rings. The van der Waals surface area contributed by atoms with E-state index in [-0.39, 0.29) is 23.7 Å². The molecular weight excluding hydrogens is 377 g/mol. The molecule has 0 radical (unpaired) electrons. The number of para-hydroxylation sites is 1. The normalized spacial score (nSPS) is 15.2. The Labute approximate surface area is 168 Å². The fourth-order valence-electron chi connectivity index (χ4n) is 3.11. The lowest BCUT2D eigenvalue weighted by Crippen LogP contribution is -2.47. The summed E-state index contributed by atoms with van der Waals surface area (Å²) < 4.78 is 12.9. The highest BCUT2D eigenvalue weighted by Gasteiger charge is 2.22. The summed E-state index contributed by atoms with van der Waals surface area (Å²) in [4.78, 5) is 27.2. The molecule has 0 atom stereocenters. The first-order chi connectivity index (χ1) is 13.6. The first kappa shape index (κ1) is 20.4. The highest BCUT2D eigenvalue weighted by Crippen LogP contribution is 2.18. The number of nitrogens with one attached hydrogen (secondary N) is 2. The maximum absolute atomic E-state index is 12.9. The van der Waals surface area contributed by atoms with Crippen molar-refractivity contribution in [3.05, 3.63) is 60.4 Å². The number of amides is 2. The molecule has 2 aromatic carbocycles. The Balaban J connectivity index is 1.33. The standard InChI is InChI=1S/C21H24FN3O2S/c22-16-6-8-19(9-7-16)28-15-21(27)24-18-10-12-25(13-11-18)14-20(26)23-17-4-2-1-3-5-17/h1-9,18H,10-15H2,(H,23,26)(H,24,27). The summed E-state index contributed by atoms with van der Waals surface area (Å²) in [7, 11) is 0. The van der Waals surface area contributed by atoms with Crippen molar-refractivity contribution in [2.24, 2.45) is 0 Å². The van der Waals surface area contributed by atoms with Crippen LogP contribution < -0.4 is 10.6 Å². The molecular formula is C21H24FN3O2S. The number of thioether (sulfide) groups is 1. The molecule has 1 heterocycles. The lowest BCUT2D eigenvalue weighted by Gasteiger charge is -2.31. The van der Waals surface area contributed by atoms with Crippen LogP contribution in [-0.2, 0) is 9.59 Å². The fourth-order valence-corrected chi connectivity index (χ4v) is 3.82. The van der Waals surface area contributed by atoms with Crippen molar-refractivity contribution >= 4 is 29.3 Å². The van der Waals surface area contributed by atoms with Gasteiger partial charge in [0.15, 0.2) is 0 Å². The van der Waals surface area contributed by atoms with E-state index in [1.54, 1.807) is 12.1 Å². The average molecular weight is 402 g/mol. The number of piperidine rings is 1. The minimum atomic E-state index is -0.280. The van der Waals surface area contributed by atoms with Gasteiger partial charge < -0.3 is 10.6 Å². The highest BCUT2D eigenvalue weighted by molar-refractivity contribution is 8.00. The zero-order chi connectivity index (χ0) is 19.8. The van der Waals surface area contributed by atoms with Crippen LogP contribution >= 0.6 is 11.8 Å². The Hall–Kier alpha value is -2.38. The molecule has 148 valence electrons. The number of carbonyl (C=O) groups is 2. The number of benzene rings is 2. The first-order valence-electron chi connectivity index (χ1n) is 9.33. The van der Waals surface area contributed by atoms with E-state index < -0.39 is 0 Å². The van der Waals surface area contributed by atoms with Crippen LogP contribution in [0, 0.1) is 5.82 Å². The highest BCUT2D eigenvalue weighted by atomic mass is 32.2.